The van der Waals surface area contributed by atoms with Gasteiger partial charge in [-0.2, -0.15) is 0 Å². The van der Waals surface area contributed by atoms with Crippen molar-refractivity contribution >= 4 is 0 Å². The molecule has 0 heterocycles. The van der Waals surface area contributed by atoms with Crippen LogP contribution in [0.25, 0.3) is 0 Å². The van der Waals surface area contributed by atoms with Gasteiger partial charge in [0, 0.05) is 119 Å². The van der Waals surface area contributed by atoms with Crippen LogP contribution in [0, 0.1) is 0 Å². The summed E-state index contributed by atoms with van der Waals surface area (Å²) in [6, 6.07) is 92.3. The van der Waals surface area contributed by atoms with E-state index in [0.29, 0.717) is 119 Å². The van der Waals surface area contributed by atoms with Crippen molar-refractivity contribution in [3.63, 3.8) is 0 Å². The highest BCUT2D eigenvalue weighted by Gasteiger charge is 2.40. The summed E-state index contributed by atoms with van der Waals surface area (Å²) in [4.78, 5) is 9.08. The molecule has 12 aromatic rings. The molecule has 0 radical (unpaired) electrons. The smallest absolute Gasteiger partial charge is 0.130 e. The van der Waals surface area contributed by atoms with E-state index in [2.05, 4.69) is 294 Å². The Morgan fingerprint density at radius 3 is 0.578 bits per heavy atom. The summed E-state index contributed by atoms with van der Waals surface area (Å²) >= 11 is 0. The van der Waals surface area contributed by atoms with E-state index < -0.39 is 23.7 Å². The number of nitrogens with zero attached hydrogens (tertiary/aromatic N) is 4. The predicted octanol–water partition coefficient (Wildman–Crippen LogP) is 22.7. The van der Waals surface area contributed by atoms with Crippen LogP contribution in [0.2, 0.25) is 0 Å². The molecule has 0 aliphatic heterocycles. The van der Waals surface area contributed by atoms with Crippen LogP contribution in [-0.2, 0) is 51.9 Å². The van der Waals surface area contributed by atoms with E-state index in [1.807, 2.05) is 48.5 Å². The summed E-state index contributed by atoms with van der Waals surface area (Å²) in [7, 11) is 15.3. The Morgan fingerprint density at radius 1 is 0.250 bits per heavy atom. The maximum atomic E-state index is 14.5. The van der Waals surface area contributed by atoms with Gasteiger partial charge in [0.25, 0.3) is 0 Å². The Kier molecular flexibility index (Phi) is 27.5. The molecule has 0 unspecified atom stereocenters. The van der Waals surface area contributed by atoms with Gasteiger partial charge in [0.2, 0.25) is 0 Å². The minimum Gasteiger partial charge on any atom is -0.507 e. The van der Waals surface area contributed by atoms with E-state index in [0.717, 1.165) is 66.8 Å². The molecule has 12 heteroatoms. The Bertz CT molecular complexity index is 4530. The van der Waals surface area contributed by atoms with E-state index in [1.54, 1.807) is 28.4 Å². The van der Waals surface area contributed by atoms with E-state index in [9.17, 15) is 20.4 Å². The molecular formula is C104H116N4O8. The van der Waals surface area contributed by atoms with E-state index in [4.69, 9.17) is 18.9 Å². The van der Waals surface area contributed by atoms with Gasteiger partial charge in [0.05, 0.1) is 50.7 Å². The molecule has 13 rings (SSSR count). The van der Waals surface area contributed by atoms with E-state index in [1.165, 1.54) is 0 Å². The number of hydrogen-bond donors (Lipinski definition) is 4. The van der Waals surface area contributed by atoms with Crippen molar-refractivity contribution in [3.8, 4) is 46.0 Å². The molecule has 0 amide bonds. The molecule has 0 fully saturated rings. The standard InChI is InChI=1S/C104H116N4O8/c1-69(77-45-29-17-30-46-77)105(5)65-93-97(109)85-61-89(101(93)113-9)82(58-54-74-39-23-14-24-40-74)86-62-91(103(115-11)94(98(86)110)66-106(6)70(2)78-47-31-18-32-48-78)84(60-56-76-43-27-16-28-44-76)88-64-92(104(116-12)96(100(88)112)68-108(8)72(4)80-51-35-20-36-52-80)83(59-55-75-41-25-15-26-42-75)87-63-90(81(85)57-53-73-37-21-13-22-38-73)102(114-10)95(99(87)111)67-107(7)71(3)79-49-33-19-34-50-79/h13-52,61-64,69-72,81-84,109-112H,53-60,65-68H2,1-12H3/t69-,70-,71-,72-,81-,82-,83-,84-/m1/s1. The van der Waals surface area contributed by atoms with E-state index in [-0.39, 0.29) is 73.3 Å². The third-order valence-corrected chi connectivity index (χ3v) is 25.1. The summed E-state index contributed by atoms with van der Waals surface area (Å²) in [5.74, 6) is -0.337. The van der Waals surface area contributed by atoms with Crippen molar-refractivity contribution in [1.82, 2.24) is 19.6 Å². The van der Waals surface area contributed by atoms with Crippen LogP contribution in [0.4, 0.5) is 0 Å². The molecule has 116 heavy (non-hydrogen) atoms. The van der Waals surface area contributed by atoms with Crippen LogP contribution < -0.4 is 18.9 Å². The highest BCUT2D eigenvalue weighted by molar-refractivity contribution is 5.69. The van der Waals surface area contributed by atoms with Crippen LogP contribution in [0.15, 0.2) is 267 Å². The van der Waals surface area contributed by atoms with Crippen molar-refractivity contribution in [1.29, 1.82) is 0 Å². The number of methoxy groups -OCH3 is 4. The first-order valence-electron chi connectivity index (χ1n) is 41.3. The van der Waals surface area contributed by atoms with Gasteiger partial charge >= 0.3 is 0 Å². The lowest BCUT2D eigenvalue weighted by molar-refractivity contribution is 0.243. The number of fused-ring (bicyclic) bond motifs is 8. The number of phenolic OH excluding ortho intramolecular Hbond substituents is 4. The number of aromatic hydroxyl groups is 4. The Labute approximate surface area is 688 Å². The Hall–Kier alpha value is -11.1. The fraction of sp³-hybridized carbons (Fsp3) is 0.308. The second-order valence-corrected chi connectivity index (χ2v) is 32.0. The Balaban J connectivity index is 1.23. The van der Waals surface area contributed by atoms with Crippen LogP contribution >= 0.6 is 0 Å². The first kappa shape index (κ1) is 82.8. The average molecular weight is 1550 g/mol. The summed E-state index contributed by atoms with van der Waals surface area (Å²) < 4.78 is 28.3. The number of aryl methyl sites for hydroxylation is 4. The fourth-order valence-electron chi connectivity index (χ4n) is 17.9. The summed E-state index contributed by atoms with van der Waals surface area (Å²) in [5, 5.41) is 57.8. The molecule has 1 aliphatic rings. The van der Waals surface area contributed by atoms with Gasteiger partial charge in [0.1, 0.15) is 46.0 Å². The van der Waals surface area contributed by atoms with Crippen molar-refractivity contribution < 1.29 is 39.4 Å². The maximum absolute atomic E-state index is 14.5. The van der Waals surface area contributed by atoms with Crippen LogP contribution in [0.1, 0.15) is 212 Å². The van der Waals surface area contributed by atoms with Gasteiger partial charge in [-0.15, -0.1) is 0 Å². The molecule has 8 bridgehead atoms. The molecule has 0 saturated heterocycles. The highest BCUT2D eigenvalue weighted by atomic mass is 16.5. The number of rotatable bonds is 32. The molecule has 4 N–H and O–H groups in total. The monoisotopic (exact) mass is 1550 g/mol. The van der Waals surface area contributed by atoms with Gasteiger partial charge < -0.3 is 39.4 Å². The quantitative estimate of drug-likeness (QED) is 0.0320. The molecule has 12 nitrogen and oxygen atoms in total. The molecule has 0 saturated carbocycles. The average Bonchev–Trinajstić information content (AvgIpc) is 0.730. The first-order chi connectivity index (χ1) is 56.4. The summed E-state index contributed by atoms with van der Waals surface area (Å²) in [5.41, 5.74) is 16.9. The van der Waals surface area contributed by atoms with Crippen LogP contribution in [-0.4, -0.2) is 96.7 Å². The second-order valence-electron chi connectivity index (χ2n) is 32.0. The van der Waals surface area contributed by atoms with Gasteiger partial charge in [-0.3, -0.25) is 19.6 Å². The minimum absolute atomic E-state index is 0.0774. The molecule has 0 aromatic heterocycles. The Morgan fingerprint density at radius 2 is 0.414 bits per heavy atom. The summed E-state index contributed by atoms with van der Waals surface area (Å²) in [6.07, 6.45) is 4.22. The number of benzene rings is 12. The molecule has 0 spiro atoms. The van der Waals surface area contributed by atoms with Gasteiger partial charge in [0.15, 0.2) is 0 Å². The normalized spacial score (nSPS) is 15.8. The minimum atomic E-state index is -0.662. The lowest BCUT2D eigenvalue weighted by atomic mass is 9.74. The van der Waals surface area contributed by atoms with Gasteiger partial charge in [-0.05, 0) is 176 Å². The fourth-order valence-corrected chi connectivity index (χ4v) is 17.9. The van der Waals surface area contributed by atoms with Crippen LogP contribution in [0.3, 0.4) is 0 Å². The maximum Gasteiger partial charge on any atom is 0.130 e. The SMILES string of the molecule is COc1c2cc(c(O)c1CN(C)[C@H](C)c1ccccc1)[C@@H](CCc1ccccc1)c1cc(c(O)c(CN(C)[C@H](C)c3ccccc3)c1OC)[C@@H](CCc1ccccc1)c1cc(c(O)c(CN(C)[C@H](C)c3ccccc3)c1OC)[C@@H](CCc1ccccc1)c1cc(c(O)c(CN(C)[C@H](C)c3ccccc3)c1OC)[C@H]2CCc1ccccc1. The largest absolute Gasteiger partial charge is 0.507 e. The number of hydrogen-bond acceptors (Lipinski definition) is 12. The first-order valence-corrected chi connectivity index (χ1v) is 41.3. The van der Waals surface area contributed by atoms with Crippen molar-refractivity contribution in [2.75, 3.05) is 56.6 Å². The molecule has 600 valence electrons. The topological polar surface area (TPSA) is 131 Å². The van der Waals surface area contributed by atoms with Gasteiger partial charge in [-0.1, -0.05) is 243 Å². The third kappa shape index (κ3) is 18.4. The molecule has 12 aromatic carbocycles. The lowest BCUT2D eigenvalue weighted by Gasteiger charge is -2.35. The third-order valence-electron chi connectivity index (χ3n) is 25.1. The second kappa shape index (κ2) is 38.6. The summed E-state index contributed by atoms with van der Waals surface area (Å²) in [6.45, 7) is 9.79. The number of phenols is 4. The zero-order valence-electron chi connectivity index (χ0n) is 69.7. The van der Waals surface area contributed by atoms with Crippen molar-refractivity contribution in [2.24, 2.45) is 0 Å². The zero-order chi connectivity index (χ0) is 81.5. The van der Waals surface area contributed by atoms with Crippen molar-refractivity contribution in [2.45, 2.75) is 153 Å². The van der Waals surface area contributed by atoms with E-state index >= 15 is 0 Å². The van der Waals surface area contributed by atoms with Crippen LogP contribution in [0.5, 0.6) is 46.0 Å². The van der Waals surface area contributed by atoms with Crippen molar-refractivity contribution in [3.05, 3.63) is 378 Å². The predicted molar refractivity (Wildman–Crippen MR) is 470 cm³/mol. The molecule has 8 atom stereocenters. The lowest BCUT2D eigenvalue weighted by Crippen LogP contribution is -2.24. The highest BCUT2D eigenvalue weighted by Crippen LogP contribution is 2.57. The zero-order valence-corrected chi connectivity index (χ0v) is 69.7. The molecule has 1 aliphatic carbocycles. The molecular weight excluding hydrogens is 1430 g/mol. The number of ether oxygens (including phenoxy) is 4. The van der Waals surface area contributed by atoms with Gasteiger partial charge in [-0.25, -0.2) is 0 Å².